The van der Waals surface area contributed by atoms with Crippen LogP contribution in [0.1, 0.15) is 38.1 Å². The molecule has 0 aliphatic heterocycles. The summed E-state index contributed by atoms with van der Waals surface area (Å²) in [7, 11) is -3.83. The summed E-state index contributed by atoms with van der Waals surface area (Å²) >= 11 is 0. The first kappa shape index (κ1) is 21.6. The third kappa shape index (κ3) is 7.19. The Morgan fingerprint density at radius 3 is 2.35 bits per heavy atom. The maximum Gasteiger partial charge on any atom is 0.413 e. The molecule has 1 rings (SSSR count). The van der Waals surface area contributed by atoms with Gasteiger partial charge in [0.15, 0.2) is 6.61 Å². The number of ether oxygens (including phenoxy) is 2. The molecule has 2 N–H and O–H groups in total. The van der Waals surface area contributed by atoms with Crippen LogP contribution in [0.15, 0.2) is 29.2 Å². The maximum atomic E-state index is 12.3. The summed E-state index contributed by atoms with van der Waals surface area (Å²) in [5.74, 6) is -1.77. The SMILES string of the molecule is CCOC(=O)NC(=O)COC(=O)c1cccc(S(=O)(=O)NC(C)(C)C)c1. The van der Waals surface area contributed by atoms with Gasteiger partial charge in [-0.2, -0.15) is 0 Å². The minimum absolute atomic E-state index is 0.0503. The molecule has 0 radical (unpaired) electrons. The van der Waals surface area contributed by atoms with E-state index in [2.05, 4.69) is 9.46 Å². The average Bonchev–Trinajstić information content (AvgIpc) is 2.50. The molecule has 26 heavy (non-hydrogen) atoms. The fourth-order valence-corrected chi connectivity index (χ4v) is 3.25. The summed E-state index contributed by atoms with van der Waals surface area (Å²) < 4.78 is 36.3. The van der Waals surface area contributed by atoms with Gasteiger partial charge in [0.05, 0.1) is 17.1 Å². The van der Waals surface area contributed by atoms with E-state index in [1.165, 1.54) is 18.2 Å². The van der Waals surface area contributed by atoms with Crippen LogP contribution in [-0.4, -0.2) is 45.1 Å². The molecule has 0 spiro atoms. The third-order valence-corrected chi connectivity index (χ3v) is 4.43. The highest BCUT2D eigenvalue weighted by Crippen LogP contribution is 2.15. The predicted octanol–water partition coefficient (Wildman–Crippen LogP) is 1.19. The summed E-state index contributed by atoms with van der Waals surface area (Å²) in [6.07, 6.45) is -0.949. The molecular formula is C16H22N2O7S. The van der Waals surface area contributed by atoms with E-state index >= 15 is 0 Å². The number of imide groups is 1. The number of hydrogen-bond donors (Lipinski definition) is 2. The summed E-state index contributed by atoms with van der Waals surface area (Å²) in [5.41, 5.74) is -0.744. The quantitative estimate of drug-likeness (QED) is 0.703. The van der Waals surface area contributed by atoms with Crippen LogP contribution in [0.25, 0.3) is 0 Å². The molecule has 2 amide bonds. The lowest BCUT2D eigenvalue weighted by atomic mass is 10.1. The standard InChI is InChI=1S/C16H22N2O7S/c1-5-24-15(21)17-13(19)10-25-14(20)11-7-6-8-12(9-11)26(22,23)18-16(2,3)4/h6-9,18H,5,10H2,1-4H3,(H,17,19,21). The number of benzene rings is 1. The molecular weight excluding hydrogens is 364 g/mol. The summed E-state index contributed by atoms with van der Waals surface area (Å²) in [6.45, 7) is 6.00. The van der Waals surface area contributed by atoms with Crippen molar-refractivity contribution in [1.29, 1.82) is 0 Å². The Balaban J connectivity index is 2.77. The lowest BCUT2D eigenvalue weighted by molar-refractivity contribution is -0.123. The van der Waals surface area contributed by atoms with Crippen LogP contribution < -0.4 is 10.0 Å². The summed E-state index contributed by atoms with van der Waals surface area (Å²) in [5, 5.41) is 1.87. The number of carbonyl (C=O) groups is 3. The Morgan fingerprint density at radius 1 is 1.12 bits per heavy atom. The normalized spacial score (nSPS) is 11.5. The molecule has 1 aromatic rings. The van der Waals surface area contributed by atoms with Gasteiger partial charge in [0.2, 0.25) is 10.0 Å². The second-order valence-corrected chi connectivity index (χ2v) is 7.91. The van der Waals surface area contributed by atoms with E-state index in [4.69, 9.17) is 4.74 Å². The van der Waals surface area contributed by atoms with Crippen LogP contribution in [0.4, 0.5) is 4.79 Å². The molecule has 1 aromatic carbocycles. The first-order valence-corrected chi connectivity index (χ1v) is 9.20. The van der Waals surface area contributed by atoms with E-state index in [1.54, 1.807) is 27.7 Å². The Labute approximate surface area is 152 Å². The Bertz CT molecular complexity index is 782. The van der Waals surface area contributed by atoms with Gasteiger partial charge in [0.1, 0.15) is 0 Å². The zero-order valence-electron chi connectivity index (χ0n) is 15.0. The molecule has 0 aliphatic carbocycles. The number of rotatable bonds is 6. The van der Waals surface area contributed by atoms with Crippen molar-refractivity contribution in [3.05, 3.63) is 29.8 Å². The van der Waals surface area contributed by atoms with Crippen molar-refractivity contribution in [1.82, 2.24) is 10.0 Å². The number of nitrogens with one attached hydrogen (secondary N) is 2. The molecule has 0 heterocycles. The van der Waals surface area contributed by atoms with Crippen molar-refractivity contribution in [3.8, 4) is 0 Å². The molecule has 0 atom stereocenters. The zero-order valence-corrected chi connectivity index (χ0v) is 15.8. The first-order valence-electron chi connectivity index (χ1n) is 7.72. The molecule has 9 nitrogen and oxygen atoms in total. The van der Waals surface area contributed by atoms with Crippen LogP contribution >= 0.6 is 0 Å². The van der Waals surface area contributed by atoms with Crippen molar-refractivity contribution in [2.45, 2.75) is 38.1 Å². The average molecular weight is 386 g/mol. The van der Waals surface area contributed by atoms with Gasteiger partial charge in [-0.15, -0.1) is 0 Å². The van der Waals surface area contributed by atoms with E-state index in [9.17, 15) is 22.8 Å². The number of sulfonamides is 1. The van der Waals surface area contributed by atoms with Crippen LogP contribution in [0.3, 0.4) is 0 Å². The topological polar surface area (TPSA) is 128 Å². The molecule has 0 aromatic heterocycles. The minimum atomic E-state index is -3.83. The van der Waals surface area contributed by atoms with E-state index in [-0.39, 0.29) is 17.1 Å². The molecule has 0 saturated carbocycles. The maximum absolute atomic E-state index is 12.3. The molecule has 0 saturated heterocycles. The number of alkyl carbamates (subject to hydrolysis) is 1. The number of carbonyl (C=O) groups excluding carboxylic acids is 3. The predicted molar refractivity (Wildman–Crippen MR) is 92.0 cm³/mol. The zero-order chi connectivity index (χ0) is 20.0. The second kappa shape index (κ2) is 8.77. The van der Waals surface area contributed by atoms with Crippen molar-refractivity contribution in [2.24, 2.45) is 0 Å². The highest BCUT2D eigenvalue weighted by Gasteiger charge is 2.23. The van der Waals surface area contributed by atoms with Crippen LogP contribution in [0, 0.1) is 0 Å². The first-order chi connectivity index (χ1) is 11.9. The largest absolute Gasteiger partial charge is 0.452 e. The Kier molecular flexibility index (Phi) is 7.28. The van der Waals surface area contributed by atoms with Gasteiger partial charge in [0, 0.05) is 5.54 Å². The molecule has 0 unspecified atom stereocenters. The minimum Gasteiger partial charge on any atom is -0.452 e. The smallest absolute Gasteiger partial charge is 0.413 e. The third-order valence-electron chi connectivity index (χ3n) is 2.67. The fourth-order valence-electron chi connectivity index (χ4n) is 1.78. The van der Waals surface area contributed by atoms with Crippen molar-refractivity contribution in [2.75, 3.05) is 13.2 Å². The summed E-state index contributed by atoms with van der Waals surface area (Å²) in [4.78, 5) is 34.4. The van der Waals surface area contributed by atoms with E-state index in [1.807, 2.05) is 5.32 Å². The number of esters is 1. The number of amides is 2. The molecule has 0 aliphatic rings. The Morgan fingerprint density at radius 2 is 1.77 bits per heavy atom. The number of hydrogen-bond acceptors (Lipinski definition) is 7. The molecule has 0 bridgehead atoms. The monoisotopic (exact) mass is 386 g/mol. The highest BCUT2D eigenvalue weighted by atomic mass is 32.2. The molecule has 10 heteroatoms. The lowest BCUT2D eigenvalue weighted by Crippen LogP contribution is -2.40. The highest BCUT2D eigenvalue weighted by molar-refractivity contribution is 7.89. The van der Waals surface area contributed by atoms with Crippen molar-refractivity contribution in [3.63, 3.8) is 0 Å². The molecule has 144 valence electrons. The van der Waals surface area contributed by atoms with E-state index in [0.29, 0.717) is 0 Å². The Hall–Kier alpha value is -2.46. The fraction of sp³-hybridized carbons (Fsp3) is 0.438. The van der Waals surface area contributed by atoms with Crippen LogP contribution in [0.2, 0.25) is 0 Å². The van der Waals surface area contributed by atoms with Crippen molar-refractivity contribution < 1.29 is 32.3 Å². The van der Waals surface area contributed by atoms with Gasteiger partial charge in [-0.1, -0.05) is 6.07 Å². The van der Waals surface area contributed by atoms with Crippen LogP contribution in [0.5, 0.6) is 0 Å². The van der Waals surface area contributed by atoms with Gasteiger partial charge in [0.25, 0.3) is 5.91 Å². The lowest BCUT2D eigenvalue weighted by Gasteiger charge is -2.20. The van der Waals surface area contributed by atoms with Gasteiger partial charge in [-0.3, -0.25) is 10.1 Å². The second-order valence-electron chi connectivity index (χ2n) is 6.23. The van der Waals surface area contributed by atoms with Gasteiger partial charge < -0.3 is 9.47 Å². The molecule has 0 fully saturated rings. The van der Waals surface area contributed by atoms with Gasteiger partial charge >= 0.3 is 12.1 Å². The van der Waals surface area contributed by atoms with Crippen molar-refractivity contribution >= 4 is 28.0 Å². The van der Waals surface area contributed by atoms with E-state index < -0.39 is 40.1 Å². The summed E-state index contributed by atoms with van der Waals surface area (Å²) in [6, 6.07) is 5.20. The van der Waals surface area contributed by atoms with Crippen LogP contribution in [-0.2, 0) is 24.3 Å². The van der Waals surface area contributed by atoms with Gasteiger partial charge in [-0.25, -0.2) is 22.7 Å². The van der Waals surface area contributed by atoms with E-state index in [0.717, 1.165) is 6.07 Å². The van der Waals surface area contributed by atoms with Gasteiger partial charge in [-0.05, 0) is 45.9 Å².